The van der Waals surface area contributed by atoms with Gasteiger partial charge in [0.1, 0.15) is 5.75 Å². The molecule has 2 saturated carbocycles. The van der Waals surface area contributed by atoms with Crippen molar-refractivity contribution >= 4 is 34.7 Å². The SMILES string of the molecule is CN(C)c1ccc(O)c2c1C[C@H]1C[C@H]3[C@H](N(C)C)C(=O)C(C(N)=O)C(=O)[C@@]3(O)C(=O)C1C2=O. The van der Waals surface area contributed by atoms with Crippen molar-refractivity contribution in [1.82, 2.24) is 4.90 Å². The van der Waals surface area contributed by atoms with Gasteiger partial charge in [-0.15, -0.1) is 0 Å². The summed E-state index contributed by atoms with van der Waals surface area (Å²) in [6, 6.07) is 1.94. The Hall–Kier alpha value is -3.11. The van der Waals surface area contributed by atoms with Crippen molar-refractivity contribution in [2.24, 2.45) is 29.4 Å². The maximum Gasteiger partial charge on any atom is 0.235 e. The Bertz CT molecular complexity index is 1110. The van der Waals surface area contributed by atoms with Crippen LogP contribution in [0, 0.1) is 23.7 Å². The monoisotopic (exact) mass is 457 g/mol. The number of anilines is 1. The molecule has 10 heteroatoms. The molecule has 3 aliphatic carbocycles. The molecule has 1 aromatic carbocycles. The topological polar surface area (TPSA) is 158 Å². The number of fused-ring (bicyclic) bond motifs is 3. The molecule has 2 unspecified atom stereocenters. The molecule has 6 atom stereocenters. The summed E-state index contributed by atoms with van der Waals surface area (Å²) in [5.41, 5.74) is 3.87. The van der Waals surface area contributed by atoms with Gasteiger partial charge in [0.2, 0.25) is 5.91 Å². The van der Waals surface area contributed by atoms with Crippen LogP contribution in [0.2, 0.25) is 0 Å². The molecule has 176 valence electrons. The first-order valence-corrected chi connectivity index (χ1v) is 10.7. The Morgan fingerprint density at radius 2 is 1.73 bits per heavy atom. The second-order valence-corrected chi connectivity index (χ2v) is 9.64. The summed E-state index contributed by atoms with van der Waals surface area (Å²) in [6.45, 7) is 0. The summed E-state index contributed by atoms with van der Waals surface area (Å²) in [6.07, 6.45) is 0.278. The lowest BCUT2D eigenvalue weighted by molar-refractivity contribution is -0.181. The van der Waals surface area contributed by atoms with E-state index in [9.17, 15) is 34.2 Å². The summed E-state index contributed by atoms with van der Waals surface area (Å²) in [4.78, 5) is 68.6. The number of ketones is 4. The van der Waals surface area contributed by atoms with Crippen LogP contribution in [-0.2, 0) is 25.6 Å². The van der Waals surface area contributed by atoms with E-state index in [1.165, 1.54) is 11.0 Å². The van der Waals surface area contributed by atoms with Gasteiger partial charge in [-0.3, -0.25) is 28.9 Å². The first kappa shape index (κ1) is 23.1. The fraction of sp³-hybridized carbons (Fsp3) is 0.522. The van der Waals surface area contributed by atoms with E-state index in [0.29, 0.717) is 11.3 Å². The number of nitrogens with zero attached hydrogens (tertiary/aromatic N) is 2. The lowest BCUT2D eigenvalue weighted by atomic mass is 9.52. The maximum absolute atomic E-state index is 13.7. The van der Waals surface area contributed by atoms with Gasteiger partial charge in [0.15, 0.2) is 34.7 Å². The number of carbonyl (C=O) groups excluding carboxylic acids is 5. The number of likely N-dealkylation sites (N-methyl/N-ethyl adjacent to an activating group) is 1. The van der Waals surface area contributed by atoms with Crippen LogP contribution in [0.25, 0.3) is 0 Å². The molecule has 0 aromatic heterocycles. The minimum atomic E-state index is -2.70. The van der Waals surface area contributed by atoms with Crippen LogP contribution in [0.1, 0.15) is 22.3 Å². The fourth-order valence-electron chi connectivity index (χ4n) is 6.01. The van der Waals surface area contributed by atoms with Crippen molar-refractivity contribution in [3.8, 4) is 5.75 Å². The van der Waals surface area contributed by atoms with Crippen molar-refractivity contribution < 1.29 is 34.2 Å². The Labute approximate surface area is 190 Å². The predicted molar refractivity (Wildman–Crippen MR) is 116 cm³/mol. The maximum atomic E-state index is 13.7. The highest BCUT2D eigenvalue weighted by Gasteiger charge is 2.69. The summed E-state index contributed by atoms with van der Waals surface area (Å²) in [5, 5.41) is 21.9. The molecule has 1 amide bonds. The number of aliphatic hydroxyl groups is 1. The van der Waals surface area contributed by atoms with E-state index in [-0.39, 0.29) is 24.2 Å². The van der Waals surface area contributed by atoms with E-state index in [1.807, 2.05) is 0 Å². The number of hydrogen-bond acceptors (Lipinski definition) is 9. The number of hydrogen-bond donors (Lipinski definition) is 3. The van der Waals surface area contributed by atoms with Crippen LogP contribution in [0.5, 0.6) is 5.75 Å². The minimum absolute atomic E-state index is 0.00667. The lowest BCUT2D eigenvalue weighted by Gasteiger charge is -2.52. The lowest BCUT2D eigenvalue weighted by Crippen LogP contribution is -2.74. The van der Waals surface area contributed by atoms with Crippen LogP contribution in [0.3, 0.4) is 0 Å². The van der Waals surface area contributed by atoms with Crippen molar-refractivity contribution in [3.05, 3.63) is 23.3 Å². The van der Waals surface area contributed by atoms with E-state index in [0.717, 1.165) is 0 Å². The summed E-state index contributed by atoms with van der Waals surface area (Å²) in [5.74, 6) is -10.3. The fourth-order valence-corrected chi connectivity index (χ4v) is 6.01. The van der Waals surface area contributed by atoms with E-state index in [2.05, 4.69) is 0 Å². The average Bonchev–Trinajstić information content (AvgIpc) is 2.70. The zero-order valence-electron chi connectivity index (χ0n) is 18.9. The second kappa shape index (κ2) is 7.46. The molecule has 1 aromatic rings. The van der Waals surface area contributed by atoms with Crippen LogP contribution >= 0.6 is 0 Å². The van der Waals surface area contributed by atoms with Gasteiger partial charge in [-0.1, -0.05) is 0 Å². The molecule has 4 rings (SSSR count). The molecule has 10 nitrogen and oxygen atoms in total. The molecule has 0 saturated heterocycles. The highest BCUT2D eigenvalue weighted by molar-refractivity contribution is 6.32. The first-order chi connectivity index (χ1) is 15.3. The number of phenols is 1. The molecule has 2 fully saturated rings. The standard InChI is InChI=1S/C23H27N3O7/c1-25(2)12-5-6-13(27)15-10(12)7-9-8-11-17(26(3)4)19(29)16(22(24)32)21(31)23(11,33)20(30)14(9)18(15)28/h5-6,9,11,14,16-17,27,33H,7-8H2,1-4H3,(H2,24,32)/t9-,11-,14?,16?,17-,23-/m0/s1. The van der Waals surface area contributed by atoms with Gasteiger partial charge < -0.3 is 20.8 Å². The van der Waals surface area contributed by atoms with Gasteiger partial charge in [-0.05, 0) is 50.6 Å². The molecule has 33 heavy (non-hydrogen) atoms. The summed E-state index contributed by atoms with van der Waals surface area (Å²) < 4.78 is 0. The van der Waals surface area contributed by atoms with Gasteiger partial charge in [-0.25, -0.2) is 0 Å². The largest absolute Gasteiger partial charge is 0.507 e. The molecule has 0 spiro atoms. The minimum Gasteiger partial charge on any atom is -0.507 e. The number of aromatic hydroxyl groups is 1. The van der Waals surface area contributed by atoms with Gasteiger partial charge in [-0.2, -0.15) is 0 Å². The third kappa shape index (κ3) is 2.97. The second-order valence-electron chi connectivity index (χ2n) is 9.64. The number of amides is 1. The van der Waals surface area contributed by atoms with E-state index >= 15 is 0 Å². The van der Waals surface area contributed by atoms with Crippen LogP contribution in [-0.4, -0.2) is 84.0 Å². The highest BCUT2D eigenvalue weighted by Crippen LogP contribution is 2.51. The number of phenolic OH excluding ortho intramolecular Hbond substituents is 1. The van der Waals surface area contributed by atoms with Crippen LogP contribution in [0.15, 0.2) is 12.1 Å². The molecule has 0 heterocycles. The number of benzene rings is 1. The van der Waals surface area contributed by atoms with Gasteiger partial charge in [0.25, 0.3) is 0 Å². The smallest absolute Gasteiger partial charge is 0.235 e. The summed E-state index contributed by atoms with van der Waals surface area (Å²) >= 11 is 0. The molecular formula is C23H27N3O7. The molecule has 4 N–H and O–H groups in total. The number of nitrogens with two attached hydrogens (primary N) is 1. The number of primary amides is 1. The van der Waals surface area contributed by atoms with Gasteiger partial charge >= 0.3 is 0 Å². The van der Waals surface area contributed by atoms with Crippen molar-refractivity contribution in [2.45, 2.75) is 24.5 Å². The molecule has 0 radical (unpaired) electrons. The van der Waals surface area contributed by atoms with E-state index in [1.54, 1.807) is 39.2 Å². The number of rotatable bonds is 3. The van der Waals surface area contributed by atoms with Crippen LogP contribution in [0.4, 0.5) is 5.69 Å². The quantitative estimate of drug-likeness (QED) is 0.481. The van der Waals surface area contributed by atoms with Crippen molar-refractivity contribution in [3.63, 3.8) is 0 Å². The van der Waals surface area contributed by atoms with Gasteiger partial charge in [0.05, 0.1) is 17.5 Å². The third-order valence-electron chi connectivity index (χ3n) is 7.40. The first-order valence-electron chi connectivity index (χ1n) is 10.7. The predicted octanol–water partition coefficient (Wildman–Crippen LogP) is -1.07. The Balaban J connectivity index is 1.89. The molecule has 0 aliphatic heterocycles. The van der Waals surface area contributed by atoms with Crippen molar-refractivity contribution in [1.29, 1.82) is 0 Å². The van der Waals surface area contributed by atoms with Crippen molar-refractivity contribution in [2.75, 3.05) is 33.1 Å². The zero-order valence-corrected chi connectivity index (χ0v) is 18.9. The highest BCUT2D eigenvalue weighted by atomic mass is 16.3. The molecular weight excluding hydrogens is 430 g/mol. The zero-order chi connectivity index (χ0) is 24.6. The normalized spacial score (nSPS) is 33.5. The molecule has 3 aliphatic rings. The average molecular weight is 457 g/mol. The third-order valence-corrected chi connectivity index (χ3v) is 7.40. The Kier molecular flexibility index (Phi) is 5.21. The Morgan fingerprint density at radius 1 is 1.09 bits per heavy atom. The Morgan fingerprint density at radius 3 is 2.27 bits per heavy atom. The van der Waals surface area contributed by atoms with Gasteiger partial charge in [0, 0.05) is 25.7 Å². The van der Waals surface area contributed by atoms with E-state index in [4.69, 9.17) is 5.73 Å². The number of carbonyl (C=O) groups is 5. The van der Waals surface area contributed by atoms with Crippen LogP contribution < -0.4 is 10.6 Å². The summed E-state index contributed by atoms with van der Waals surface area (Å²) in [7, 11) is 6.69. The van der Waals surface area contributed by atoms with E-state index < -0.39 is 64.4 Å². The molecule has 0 bridgehead atoms. The number of Topliss-reactive ketones (excluding diaryl/α,β-unsaturated/α-hetero) is 4.